The molecule has 2 heterocycles. The molecule has 2 aromatic rings. The van der Waals surface area contributed by atoms with Crippen LogP contribution in [0.5, 0.6) is 0 Å². The van der Waals surface area contributed by atoms with Crippen molar-refractivity contribution in [2.75, 3.05) is 16.8 Å². The molecule has 152 valence electrons. The summed E-state index contributed by atoms with van der Waals surface area (Å²) in [5.41, 5.74) is 2.99. The smallest absolute Gasteiger partial charge is 0.237 e. The van der Waals surface area contributed by atoms with Crippen LogP contribution in [-0.4, -0.2) is 45.8 Å². The summed E-state index contributed by atoms with van der Waals surface area (Å²) in [7, 11) is -1.05. The molecule has 3 rings (SSSR count). The lowest BCUT2D eigenvalue weighted by molar-refractivity contribution is -0.115. The molecule has 9 heteroatoms. The molecule has 0 aliphatic carbocycles. The topological polar surface area (TPSA) is 94.0 Å². The maximum Gasteiger partial charge on any atom is 0.237 e. The Hall–Kier alpha value is -1.87. The zero-order valence-electron chi connectivity index (χ0n) is 16.6. The van der Waals surface area contributed by atoms with Crippen molar-refractivity contribution < 1.29 is 13.2 Å². The highest BCUT2D eigenvalue weighted by Gasteiger charge is 2.29. The van der Waals surface area contributed by atoms with Crippen LogP contribution in [0.4, 0.5) is 5.69 Å². The van der Waals surface area contributed by atoms with Gasteiger partial charge in [0.05, 0.1) is 16.8 Å². The third-order valence-electron chi connectivity index (χ3n) is 5.01. The van der Waals surface area contributed by atoms with Crippen molar-refractivity contribution in [1.29, 1.82) is 0 Å². The Morgan fingerprint density at radius 2 is 2.11 bits per heavy atom. The molecule has 1 fully saturated rings. The Morgan fingerprint density at radius 1 is 1.36 bits per heavy atom. The molecule has 0 unspecified atom stereocenters. The number of nitrogens with zero attached hydrogens (tertiary/aromatic N) is 3. The maximum absolute atomic E-state index is 12.6. The molecule has 1 saturated heterocycles. The minimum atomic E-state index is -2.90. The van der Waals surface area contributed by atoms with Gasteiger partial charge in [0.15, 0.2) is 15.0 Å². The largest absolute Gasteiger partial charge is 0.325 e. The van der Waals surface area contributed by atoms with E-state index in [1.165, 1.54) is 11.8 Å². The summed E-state index contributed by atoms with van der Waals surface area (Å²) in [6.07, 6.45) is 1.26. The van der Waals surface area contributed by atoms with Crippen molar-refractivity contribution in [3.8, 4) is 0 Å². The molecule has 0 saturated carbocycles. The van der Waals surface area contributed by atoms with Gasteiger partial charge in [-0.15, -0.1) is 10.2 Å². The predicted molar refractivity (Wildman–Crippen MR) is 111 cm³/mol. The average molecular weight is 423 g/mol. The number of benzene rings is 1. The number of hydrogen-bond donors (Lipinski definition) is 1. The Balaban J connectivity index is 1.61. The summed E-state index contributed by atoms with van der Waals surface area (Å²) in [5, 5.41) is 11.7. The Kier molecular flexibility index (Phi) is 6.14. The van der Waals surface area contributed by atoms with E-state index in [4.69, 9.17) is 0 Å². The lowest BCUT2D eigenvalue weighted by Crippen LogP contribution is -2.23. The number of carbonyl (C=O) groups is 1. The zero-order chi connectivity index (χ0) is 20.5. The molecule has 1 aliphatic heterocycles. The predicted octanol–water partition coefficient (Wildman–Crippen LogP) is 2.53. The van der Waals surface area contributed by atoms with Crippen LogP contribution in [0, 0.1) is 19.8 Å². The molecule has 1 aromatic heterocycles. The molecule has 0 spiro atoms. The van der Waals surface area contributed by atoms with Crippen molar-refractivity contribution in [3.63, 3.8) is 0 Å². The molecule has 0 radical (unpaired) electrons. The number of hydrogen-bond acceptors (Lipinski definition) is 6. The van der Waals surface area contributed by atoms with E-state index >= 15 is 0 Å². The highest BCUT2D eigenvalue weighted by Crippen LogP contribution is 2.26. The van der Waals surface area contributed by atoms with Gasteiger partial charge in [-0.1, -0.05) is 29.5 Å². The van der Waals surface area contributed by atoms with Crippen molar-refractivity contribution in [2.24, 2.45) is 13.0 Å². The Labute approximate surface area is 170 Å². The lowest BCUT2D eigenvalue weighted by Gasteiger charge is -2.14. The van der Waals surface area contributed by atoms with Crippen LogP contribution in [0.15, 0.2) is 23.4 Å². The highest BCUT2D eigenvalue weighted by molar-refractivity contribution is 8.00. The van der Waals surface area contributed by atoms with Crippen LogP contribution < -0.4 is 5.32 Å². The summed E-state index contributed by atoms with van der Waals surface area (Å²) in [5.74, 6) is 1.23. The molecule has 28 heavy (non-hydrogen) atoms. The third-order valence-corrected chi connectivity index (χ3v) is 7.99. The molecular weight excluding hydrogens is 396 g/mol. The fourth-order valence-corrected chi connectivity index (χ4v) is 6.01. The van der Waals surface area contributed by atoms with E-state index in [0.717, 1.165) is 22.6 Å². The Morgan fingerprint density at radius 3 is 2.75 bits per heavy atom. The van der Waals surface area contributed by atoms with Crippen LogP contribution >= 0.6 is 11.8 Å². The molecule has 1 N–H and O–H groups in total. The van der Waals surface area contributed by atoms with Gasteiger partial charge < -0.3 is 9.88 Å². The van der Waals surface area contributed by atoms with Crippen molar-refractivity contribution in [3.05, 3.63) is 35.2 Å². The quantitative estimate of drug-likeness (QED) is 0.719. The van der Waals surface area contributed by atoms with E-state index in [1.807, 2.05) is 50.6 Å². The van der Waals surface area contributed by atoms with Gasteiger partial charge in [-0.25, -0.2) is 8.42 Å². The van der Waals surface area contributed by atoms with E-state index in [2.05, 4.69) is 15.5 Å². The molecular formula is C19H26N4O3S2. The normalized spacial score (nSPS) is 19.5. The van der Waals surface area contributed by atoms with Crippen LogP contribution in [-0.2, 0) is 28.1 Å². The summed E-state index contributed by atoms with van der Waals surface area (Å²) in [6.45, 7) is 5.82. The number of anilines is 1. The van der Waals surface area contributed by atoms with Gasteiger partial charge in [-0.3, -0.25) is 4.79 Å². The first-order valence-corrected chi connectivity index (χ1v) is 12.0. The minimum absolute atomic E-state index is 0.0935. The first-order valence-electron chi connectivity index (χ1n) is 9.28. The molecule has 2 atom stereocenters. The molecule has 1 aliphatic rings. The standard InChI is InChI=1S/C19H26N4O3S2/c1-12-5-6-16(13(2)9-12)20-18(24)14(3)27-19-22-21-17(23(19)4)10-15-7-8-28(25,26)11-15/h5-6,9,14-15H,7-8,10-11H2,1-4H3,(H,20,24)/t14-,15+/m0/s1. The summed E-state index contributed by atoms with van der Waals surface area (Å²) in [6, 6.07) is 5.92. The van der Waals surface area contributed by atoms with E-state index in [1.54, 1.807) is 0 Å². The minimum Gasteiger partial charge on any atom is -0.325 e. The maximum atomic E-state index is 12.6. The van der Waals surface area contributed by atoms with Crippen molar-refractivity contribution >= 4 is 33.2 Å². The van der Waals surface area contributed by atoms with E-state index in [0.29, 0.717) is 18.0 Å². The number of aromatic nitrogens is 3. The van der Waals surface area contributed by atoms with Gasteiger partial charge in [0, 0.05) is 19.2 Å². The van der Waals surface area contributed by atoms with Gasteiger partial charge in [0.2, 0.25) is 5.91 Å². The van der Waals surface area contributed by atoms with Gasteiger partial charge >= 0.3 is 0 Å². The number of aryl methyl sites for hydroxylation is 2. The van der Waals surface area contributed by atoms with Crippen LogP contribution in [0.25, 0.3) is 0 Å². The first-order chi connectivity index (χ1) is 13.1. The van der Waals surface area contributed by atoms with Gasteiger partial charge in [-0.05, 0) is 44.7 Å². The fourth-order valence-electron chi connectivity index (χ4n) is 3.32. The first kappa shape index (κ1) is 20.9. The van der Waals surface area contributed by atoms with Gasteiger partial charge in [0.25, 0.3) is 0 Å². The summed E-state index contributed by atoms with van der Waals surface area (Å²) < 4.78 is 25.1. The number of nitrogens with one attached hydrogen (secondary N) is 1. The number of carbonyl (C=O) groups excluding carboxylic acids is 1. The van der Waals surface area contributed by atoms with E-state index < -0.39 is 9.84 Å². The summed E-state index contributed by atoms with van der Waals surface area (Å²) >= 11 is 1.34. The Bertz CT molecular complexity index is 985. The molecule has 1 amide bonds. The number of sulfone groups is 1. The molecule has 1 aromatic carbocycles. The summed E-state index contributed by atoms with van der Waals surface area (Å²) in [4.78, 5) is 12.6. The SMILES string of the molecule is Cc1ccc(NC(=O)[C@H](C)Sc2nnc(C[C@H]3CCS(=O)(=O)C3)n2C)c(C)c1. The van der Waals surface area contributed by atoms with Crippen LogP contribution in [0.1, 0.15) is 30.3 Å². The van der Waals surface area contributed by atoms with Crippen LogP contribution in [0.3, 0.4) is 0 Å². The van der Waals surface area contributed by atoms with E-state index in [9.17, 15) is 13.2 Å². The van der Waals surface area contributed by atoms with E-state index in [-0.39, 0.29) is 28.6 Å². The second-order valence-corrected chi connectivity index (χ2v) is 11.0. The van der Waals surface area contributed by atoms with Crippen LogP contribution in [0.2, 0.25) is 0 Å². The number of amides is 1. The molecule has 0 bridgehead atoms. The zero-order valence-corrected chi connectivity index (χ0v) is 18.2. The molecule has 7 nitrogen and oxygen atoms in total. The fraction of sp³-hybridized carbons (Fsp3) is 0.526. The third kappa shape index (κ3) is 4.94. The average Bonchev–Trinajstić information content (AvgIpc) is 3.13. The second kappa shape index (κ2) is 8.24. The van der Waals surface area contributed by atoms with Crippen molar-refractivity contribution in [2.45, 2.75) is 44.0 Å². The number of rotatable bonds is 6. The monoisotopic (exact) mass is 422 g/mol. The lowest BCUT2D eigenvalue weighted by atomic mass is 10.1. The second-order valence-electron chi connectivity index (χ2n) is 7.50. The van der Waals surface area contributed by atoms with Gasteiger partial charge in [0.1, 0.15) is 5.82 Å². The number of thioether (sulfide) groups is 1. The van der Waals surface area contributed by atoms with Crippen molar-refractivity contribution in [1.82, 2.24) is 14.8 Å². The van der Waals surface area contributed by atoms with Gasteiger partial charge in [-0.2, -0.15) is 0 Å². The highest BCUT2D eigenvalue weighted by atomic mass is 32.2.